The molecule has 0 radical (unpaired) electrons. The molecule has 0 aliphatic carbocycles. The molecule has 5 nitrogen and oxygen atoms in total. The SMILES string of the molecule is CCc1nccn1Cc1nccc(OC)c1OC. The molecule has 5 heteroatoms. The normalized spacial score (nSPS) is 10.4. The van der Waals surface area contributed by atoms with Crippen LogP contribution in [0.5, 0.6) is 11.5 Å². The van der Waals surface area contributed by atoms with E-state index in [4.69, 9.17) is 9.47 Å². The van der Waals surface area contributed by atoms with Crippen molar-refractivity contribution in [1.29, 1.82) is 0 Å². The van der Waals surface area contributed by atoms with E-state index in [-0.39, 0.29) is 0 Å². The summed E-state index contributed by atoms with van der Waals surface area (Å²) in [6.45, 7) is 2.71. The summed E-state index contributed by atoms with van der Waals surface area (Å²) in [5.41, 5.74) is 0.838. The number of aryl methyl sites for hydroxylation is 1. The van der Waals surface area contributed by atoms with Gasteiger partial charge in [-0.15, -0.1) is 0 Å². The van der Waals surface area contributed by atoms with Gasteiger partial charge < -0.3 is 14.0 Å². The predicted octanol–water partition coefficient (Wildman–Crippen LogP) is 1.91. The van der Waals surface area contributed by atoms with Crippen molar-refractivity contribution >= 4 is 0 Å². The first kappa shape index (κ1) is 12.4. The number of pyridine rings is 1. The summed E-state index contributed by atoms with van der Waals surface area (Å²) in [4.78, 5) is 8.65. The second-order valence-electron chi connectivity index (χ2n) is 3.82. The van der Waals surface area contributed by atoms with E-state index in [1.54, 1.807) is 32.7 Å². The minimum Gasteiger partial charge on any atom is -0.493 e. The van der Waals surface area contributed by atoms with Crippen molar-refractivity contribution in [3.8, 4) is 11.5 Å². The van der Waals surface area contributed by atoms with E-state index < -0.39 is 0 Å². The van der Waals surface area contributed by atoms with Crippen molar-refractivity contribution in [2.75, 3.05) is 14.2 Å². The molecule has 2 aromatic heterocycles. The van der Waals surface area contributed by atoms with Crippen molar-refractivity contribution < 1.29 is 9.47 Å². The zero-order chi connectivity index (χ0) is 13.0. The first-order valence-corrected chi connectivity index (χ1v) is 5.86. The molecule has 0 spiro atoms. The first-order chi connectivity index (χ1) is 8.80. The molecule has 0 aromatic carbocycles. The highest BCUT2D eigenvalue weighted by Crippen LogP contribution is 2.29. The Morgan fingerprint density at radius 3 is 2.67 bits per heavy atom. The number of nitrogens with zero attached hydrogens (tertiary/aromatic N) is 3. The van der Waals surface area contributed by atoms with Gasteiger partial charge in [0.05, 0.1) is 20.8 Å². The summed E-state index contributed by atoms with van der Waals surface area (Å²) in [7, 11) is 3.24. The third-order valence-electron chi connectivity index (χ3n) is 2.80. The molecule has 2 aromatic rings. The van der Waals surface area contributed by atoms with Gasteiger partial charge in [0, 0.05) is 31.1 Å². The van der Waals surface area contributed by atoms with Crippen LogP contribution >= 0.6 is 0 Å². The fraction of sp³-hybridized carbons (Fsp3) is 0.385. The van der Waals surface area contributed by atoms with Crippen LogP contribution in [-0.4, -0.2) is 28.8 Å². The maximum Gasteiger partial charge on any atom is 0.184 e. The van der Waals surface area contributed by atoms with Crippen LogP contribution in [0.15, 0.2) is 24.7 Å². The topological polar surface area (TPSA) is 49.2 Å². The van der Waals surface area contributed by atoms with Crippen molar-refractivity contribution in [2.45, 2.75) is 19.9 Å². The van der Waals surface area contributed by atoms with Gasteiger partial charge in [0.1, 0.15) is 11.5 Å². The van der Waals surface area contributed by atoms with Crippen molar-refractivity contribution in [3.05, 3.63) is 36.2 Å². The lowest BCUT2D eigenvalue weighted by Crippen LogP contribution is -2.07. The van der Waals surface area contributed by atoms with Crippen LogP contribution in [0.3, 0.4) is 0 Å². The number of imidazole rings is 1. The molecule has 0 bridgehead atoms. The largest absolute Gasteiger partial charge is 0.493 e. The average molecular weight is 247 g/mol. The maximum absolute atomic E-state index is 5.37. The number of methoxy groups -OCH3 is 2. The molecule has 0 amide bonds. The van der Waals surface area contributed by atoms with Crippen molar-refractivity contribution in [2.24, 2.45) is 0 Å². The smallest absolute Gasteiger partial charge is 0.184 e. The van der Waals surface area contributed by atoms with Crippen LogP contribution in [0.25, 0.3) is 0 Å². The standard InChI is InChI=1S/C13H17N3O2/c1-4-12-15-7-8-16(12)9-10-13(18-3)11(17-2)5-6-14-10/h5-8H,4,9H2,1-3H3. The Balaban J connectivity index is 2.34. The molecule has 0 aliphatic heterocycles. The summed E-state index contributed by atoms with van der Waals surface area (Å²) >= 11 is 0. The van der Waals surface area contributed by atoms with Crippen LogP contribution in [0.1, 0.15) is 18.4 Å². The summed E-state index contributed by atoms with van der Waals surface area (Å²) in [6.07, 6.45) is 6.35. The van der Waals surface area contributed by atoms with Crippen LogP contribution in [0.4, 0.5) is 0 Å². The van der Waals surface area contributed by atoms with E-state index in [1.165, 1.54) is 0 Å². The Labute approximate surface area is 106 Å². The predicted molar refractivity (Wildman–Crippen MR) is 68.0 cm³/mol. The van der Waals surface area contributed by atoms with E-state index in [2.05, 4.69) is 21.5 Å². The van der Waals surface area contributed by atoms with E-state index in [0.29, 0.717) is 18.0 Å². The highest BCUT2D eigenvalue weighted by Gasteiger charge is 2.12. The lowest BCUT2D eigenvalue weighted by Gasteiger charge is -2.12. The summed E-state index contributed by atoms with van der Waals surface area (Å²) in [5.74, 6) is 2.40. The number of ether oxygens (including phenoxy) is 2. The van der Waals surface area contributed by atoms with Crippen molar-refractivity contribution in [3.63, 3.8) is 0 Å². The number of hydrogen-bond acceptors (Lipinski definition) is 4. The zero-order valence-corrected chi connectivity index (χ0v) is 10.9. The number of rotatable bonds is 5. The first-order valence-electron chi connectivity index (χ1n) is 5.86. The molecule has 0 saturated heterocycles. The second-order valence-corrected chi connectivity index (χ2v) is 3.82. The highest BCUT2D eigenvalue weighted by molar-refractivity contribution is 5.42. The van der Waals surface area contributed by atoms with E-state index in [0.717, 1.165) is 17.9 Å². The average Bonchev–Trinajstić information content (AvgIpc) is 2.85. The Hall–Kier alpha value is -2.04. The Morgan fingerprint density at radius 1 is 1.17 bits per heavy atom. The molecule has 0 saturated carbocycles. The van der Waals surface area contributed by atoms with Crippen LogP contribution in [0.2, 0.25) is 0 Å². The molecule has 0 N–H and O–H groups in total. The second kappa shape index (κ2) is 5.53. The molecule has 0 unspecified atom stereocenters. The molecule has 0 fully saturated rings. The van der Waals surface area contributed by atoms with Gasteiger partial charge in [-0.3, -0.25) is 4.98 Å². The summed E-state index contributed by atoms with van der Waals surface area (Å²) < 4.78 is 12.7. The van der Waals surface area contributed by atoms with Gasteiger partial charge in [-0.05, 0) is 0 Å². The van der Waals surface area contributed by atoms with Crippen molar-refractivity contribution in [1.82, 2.24) is 14.5 Å². The molecule has 0 atom stereocenters. The highest BCUT2D eigenvalue weighted by atomic mass is 16.5. The number of aromatic nitrogens is 3. The maximum atomic E-state index is 5.37. The zero-order valence-electron chi connectivity index (χ0n) is 10.9. The quantitative estimate of drug-likeness (QED) is 0.809. The van der Waals surface area contributed by atoms with Gasteiger partial charge in [0.15, 0.2) is 11.5 Å². The summed E-state index contributed by atoms with van der Waals surface area (Å²) in [6, 6.07) is 1.79. The molecule has 2 rings (SSSR count). The van der Waals surface area contributed by atoms with Crippen LogP contribution < -0.4 is 9.47 Å². The molecule has 0 aliphatic rings. The van der Waals surface area contributed by atoms with Gasteiger partial charge in [0.25, 0.3) is 0 Å². The van der Waals surface area contributed by atoms with Gasteiger partial charge in [-0.1, -0.05) is 6.92 Å². The third kappa shape index (κ3) is 2.30. The van der Waals surface area contributed by atoms with Crippen LogP contribution in [0, 0.1) is 0 Å². The van der Waals surface area contributed by atoms with E-state index in [1.807, 2.05) is 6.20 Å². The number of hydrogen-bond donors (Lipinski definition) is 0. The van der Waals surface area contributed by atoms with Crippen LogP contribution in [-0.2, 0) is 13.0 Å². The Kier molecular flexibility index (Phi) is 3.82. The van der Waals surface area contributed by atoms with Gasteiger partial charge in [-0.25, -0.2) is 4.98 Å². The fourth-order valence-electron chi connectivity index (χ4n) is 1.92. The minimum absolute atomic E-state index is 0.629. The van der Waals surface area contributed by atoms with E-state index in [9.17, 15) is 0 Å². The van der Waals surface area contributed by atoms with Gasteiger partial charge >= 0.3 is 0 Å². The Bertz CT molecular complexity index is 523. The third-order valence-corrected chi connectivity index (χ3v) is 2.80. The molecular weight excluding hydrogens is 230 g/mol. The molecule has 2 heterocycles. The lowest BCUT2D eigenvalue weighted by molar-refractivity contribution is 0.348. The molecule has 18 heavy (non-hydrogen) atoms. The Morgan fingerprint density at radius 2 is 2.00 bits per heavy atom. The lowest BCUT2D eigenvalue weighted by atomic mass is 10.3. The molecular formula is C13H17N3O2. The fourth-order valence-corrected chi connectivity index (χ4v) is 1.92. The molecule has 96 valence electrons. The summed E-state index contributed by atoms with van der Waals surface area (Å²) in [5, 5.41) is 0. The minimum atomic E-state index is 0.629. The monoisotopic (exact) mass is 247 g/mol. The van der Waals surface area contributed by atoms with Gasteiger partial charge in [-0.2, -0.15) is 0 Å². The van der Waals surface area contributed by atoms with E-state index >= 15 is 0 Å². The van der Waals surface area contributed by atoms with Gasteiger partial charge in [0.2, 0.25) is 0 Å².